The second kappa shape index (κ2) is 8.71. The number of amides is 1. The molecule has 29 heavy (non-hydrogen) atoms. The van der Waals surface area contributed by atoms with Gasteiger partial charge in [0, 0.05) is 28.6 Å². The summed E-state index contributed by atoms with van der Waals surface area (Å²) < 4.78 is 2.01. The van der Waals surface area contributed by atoms with Gasteiger partial charge < -0.3 is 9.88 Å². The molecule has 3 aromatic rings. The first kappa shape index (κ1) is 20.2. The second-order valence-corrected chi connectivity index (χ2v) is 9.52. The number of rotatable bonds is 6. The maximum atomic E-state index is 12.4. The molecule has 0 bridgehead atoms. The number of carbonyl (C=O) groups excluding carboxylic acids is 1. The van der Waals surface area contributed by atoms with Crippen LogP contribution in [0.15, 0.2) is 34.8 Å². The number of aryl methyl sites for hydroxylation is 1. The number of fused-ring (bicyclic) bond motifs is 1. The predicted molar refractivity (Wildman–Crippen MR) is 121 cm³/mol. The number of nitrogens with zero attached hydrogens (tertiary/aromatic N) is 3. The summed E-state index contributed by atoms with van der Waals surface area (Å²) in [6.07, 6.45) is 4.40. The fourth-order valence-corrected chi connectivity index (χ4v) is 5.76. The third-order valence-electron chi connectivity index (χ3n) is 5.48. The highest BCUT2D eigenvalue weighted by atomic mass is 32.2. The molecule has 4 rings (SSSR count). The summed E-state index contributed by atoms with van der Waals surface area (Å²) in [7, 11) is 1.98. The summed E-state index contributed by atoms with van der Waals surface area (Å²) in [6, 6.07) is 7.93. The Morgan fingerprint density at radius 1 is 1.34 bits per heavy atom. The average molecular weight is 427 g/mol. The molecule has 0 fully saturated rings. The molecule has 1 aliphatic rings. The minimum atomic E-state index is -0.0256. The van der Waals surface area contributed by atoms with Gasteiger partial charge in [0.05, 0.1) is 5.75 Å². The molecule has 0 aliphatic heterocycles. The van der Waals surface area contributed by atoms with Crippen LogP contribution in [0.1, 0.15) is 36.3 Å². The van der Waals surface area contributed by atoms with E-state index in [0.29, 0.717) is 5.75 Å². The fourth-order valence-electron chi connectivity index (χ4n) is 3.81. The Labute approximate surface area is 179 Å². The van der Waals surface area contributed by atoms with Crippen LogP contribution in [0.2, 0.25) is 0 Å². The van der Waals surface area contributed by atoms with Gasteiger partial charge >= 0.3 is 0 Å². The number of thiophene rings is 1. The molecule has 152 valence electrons. The molecule has 1 aliphatic carbocycles. The smallest absolute Gasteiger partial charge is 0.234 e. The summed E-state index contributed by atoms with van der Waals surface area (Å²) >= 11 is 3.26. The molecule has 1 aromatic carbocycles. The summed E-state index contributed by atoms with van der Waals surface area (Å²) in [5.74, 6) is 1.94. The van der Waals surface area contributed by atoms with E-state index in [2.05, 4.69) is 34.7 Å². The van der Waals surface area contributed by atoms with Crippen molar-refractivity contribution < 1.29 is 4.79 Å². The van der Waals surface area contributed by atoms with Crippen molar-refractivity contribution in [1.29, 1.82) is 0 Å². The van der Waals surface area contributed by atoms with Gasteiger partial charge in [-0.3, -0.25) is 4.79 Å². The van der Waals surface area contributed by atoms with Crippen molar-refractivity contribution in [2.45, 2.75) is 44.7 Å². The van der Waals surface area contributed by atoms with Gasteiger partial charge in [-0.1, -0.05) is 43.8 Å². The lowest BCUT2D eigenvalue weighted by Crippen LogP contribution is -2.15. The van der Waals surface area contributed by atoms with Gasteiger partial charge in [-0.05, 0) is 48.8 Å². The van der Waals surface area contributed by atoms with Crippen LogP contribution < -0.4 is 5.32 Å². The quantitative estimate of drug-likeness (QED) is 0.566. The van der Waals surface area contributed by atoms with Gasteiger partial charge in [-0.15, -0.1) is 21.5 Å². The van der Waals surface area contributed by atoms with E-state index in [4.69, 9.17) is 0 Å². The molecule has 0 spiro atoms. The Morgan fingerprint density at radius 2 is 2.17 bits per heavy atom. The SMILES string of the molecule is CCc1ccccc1NC(=O)CSc1nnc(-c2csc3c2CCC(C)C3)n1C. The highest BCUT2D eigenvalue weighted by Crippen LogP contribution is 2.38. The normalized spacial score (nSPS) is 15.9. The lowest BCUT2D eigenvalue weighted by molar-refractivity contribution is -0.113. The Hall–Kier alpha value is -2.12. The van der Waals surface area contributed by atoms with Gasteiger partial charge in [-0.25, -0.2) is 0 Å². The Morgan fingerprint density at radius 3 is 3.00 bits per heavy atom. The van der Waals surface area contributed by atoms with Gasteiger partial charge in [0.25, 0.3) is 0 Å². The zero-order valence-electron chi connectivity index (χ0n) is 17.1. The van der Waals surface area contributed by atoms with Crippen LogP contribution in [0.5, 0.6) is 0 Å². The first-order chi connectivity index (χ1) is 14.1. The zero-order valence-corrected chi connectivity index (χ0v) is 18.7. The molecule has 2 aromatic heterocycles. The zero-order chi connectivity index (χ0) is 20.4. The van der Waals surface area contributed by atoms with Crippen molar-refractivity contribution in [3.63, 3.8) is 0 Å². The number of carbonyl (C=O) groups is 1. The number of thioether (sulfide) groups is 1. The van der Waals surface area contributed by atoms with Gasteiger partial charge in [0.15, 0.2) is 11.0 Å². The van der Waals surface area contributed by atoms with E-state index in [1.54, 1.807) is 0 Å². The summed E-state index contributed by atoms with van der Waals surface area (Å²) in [5.41, 5.74) is 4.68. The molecule has 1 atom stereocenters. The first-order valence-corrected chi connectivity index (χ1v) is 11.9. The first-order valence-electron chi connectivity index (χ1n) is 10.1. The van der Waals surface area contributed by atoms with Crippen LogP contribution in [-0.4, -0.2) is 26.4 Å². The average Bonchev–Trinajstić information content (AvgIpc) is 3.29. The van der Waals surface area contributed by atoms with Gasteiger partial charge in [0.1, 0.15) is 0 Å². The number of nitrogens with one attached hydrogen (secondary N) is 1. The van der Waals surface area contributed by atoms with E-state index in [1.807, 2.05) is 47.2 Å². The van der Waals surface area contributed by atoms with Crippen molar-refractivity contribution in [3.05, 3.63) is 45.6 Å². The second-order valence-electron chi connectivity index (χ2n) is 7.61. The van der Waals surface area contributed by atoms with Crippen molar-refractivity contribution in [1.82, 2.24) is 14.8 Å². The van der Waals surface area contributed by atoms with Crippen LogP contribution in [0.4, 0.5) is 5.69 Å². The molecule has 1 amide bonds. The molecule has 1 unspecified atom stereocenters. The van der Waals surface area contributed by atoms with E-state index >= 15 is 0 Å². The summed E-state index contributed by atoms with van der Waals surface area (Å²) in [5, 5.41) is 14.8. The van der Waals surface area contributed by atoms with Crippen molar-refractivity contribution in [3.8, 4) is 11.4 Å². The number of benzene rings is 1. The molecule has 0 saturated heterocycles. The highest BCUT2D eigenvalue weighted by Gasteiger charge is 2.23. The number of anilines is 1. The summed E-state index contributed by atoms with van der Waals surface area (Å²) in [6.45, 7) is 4.41. The number of aromatic nitrogens is 3. The maximum absolute atomic E-state index is 12.4. The van der Waals surface area contributed by atoms with Crippen LogP contribution in [0, 0.1) is 5.92 Å². The van der Waals surface area contributed by atoms with Crippen LogP contribution in [0.3, 0.4) is 0 Å². The minimum Gasteiger partial charge on any atom is -0.325 e. The van der Waals surface area contributed by atoms with Crippen molar-refractivity contribution >= 4 is 34.7 Å². The van der Waals surface area contributed by atoms with Crippen molar-refractivity contribution in [2.75, 3.05) is 11.1 Å². The minimum absolute atomic E-state index is 0.0256. The third kappa shape index (κ3) is 4.26. The Balaban J connectivity index is 1.44. The van der Waals surface area contributed by atoms with Crippen LogP contribution in [0.25, 0.3) is 11.4 Å². The largest absolute Gasteiger partial charge is 0.325 e. The van der Waals surface area contributed by atoms with Gasteiger partial charge in [-0.2, -0.15) is 0 Å². The molecule has 2 heterocycles. The molecule has 1 N–H and O–H groups in total. The summed E-state index contributed by atoms with van der Waals surface area (Å²) in [4.78, 5) is 13.9. The van der Waals surface area contributed by atoms with Crippen molar-refractivity contribution in [2.24, 2.45) is 13.0 Å². The lowest BCUT2D eigenvalue weighted by Gasteiger charge is -2.18. The van der Waals surface area contributed by atoms with E-state index < -0.39 is 0 Å². The van der Waals surface area contributed by atoms with Gasteiger partial charge in [0.2, 0.25) is 5.91 Å². The van der Waals surface area contributed by atoms with E-state index in [0.717, 1.165) is 41.0 Å². The predicted octanol–water partition coefficient (Wildman–Crippen LogP) is 4.96. The van der Waals surface area contributed by atoms with Crippen LogP contribution >= 0.6 is 23.1 Å². The standard InChI is InChI=1S/C22H26N4OS2/c1-4-15-7-5-6-8-18(15)23-20(27)13-29-22-25-24-21(26(22)3)17-12-28-19-11-14(2)9-10-16(17)19/h5-8,12,14H,4,9-11,13H2,1-3H3,(H,23,27). The van der Waals surface area contributed by atoms with Crippen LogP contribution in [-0.2, 0) is 31.1 Å². The molecule has 0 saturated carbocycles. The molecular formula is C22H26N4OS2. The fraction of sp³-hybridized carbons (Fsp3) is 0.409. The Kier molecular flexibility index (Phi) is 6.06. The number of para-hydroxylation sites is 1. The molecule has 7 heteroatoms. The Bertz CT molecular complexity index is 1020. The van der Waals surface area contributed by atoms with E-state index in [1.165, 1.54) is 40.6 Å². The maximum Gasteiger partial charge on any atom is 0.234 e. The van der Waals surface area contributed by atoms with E-state index in [-0.39, 0.29) is 5.91 Å². The van der Waals surface area contributed by atoms with E-state index in [9.17, 15) is 4.79 Å². The number of hydrogen-bond acceptors (Lipinski definition) is 5. The third-order valence-corrected chi connectivity index (χ3v) is 7.55. The molecule has 5 nitrogen and oxygen atoms in total. The number of hydrogen-bond donors (Lipinski definition) is 1. The highest BCUT2D eigenvalue weighted by molar-refractivity contribution is 7.99. The monoisotopic (exact) mass is 426 g/mol. The topological polar surface area (TPSA) is 59.8 Å². The lowest BCUT2D eigenvalue weighted by atomic mass is 9.88. The molecule has 0 radical (unpaired) electrons. The molecular weight excluding hydrogens is 400 g/mol.